The summed E-state index contributed by atoms with van der Waals surface area (Å²) in [6, 6.07) is 9.72. The van der Waals surface area contributed by atoms with Crippen LogP contribution >= 0.6 is 0 Å². The summed E-state index contributed by atoms with van der Waals surface area (Å²) in [7, 11) is 0. The van der Waals surface area contributed by atoms with E-state index in [0.29, 0.717) is 25.6 Å². The molecule has 1 aromatic carbocycles. The van der Waals surface area contributed by atoms with Crippen molar-refractivity contribution in [2.24, 2.45) is 10.9 Å². The normalized spacial score (nSPS) is 18.1. The topological polar surface area (TPSA) is 51.1 Å². The number of hydrogen-bond acceptors (Lipinski definition) is 4. The van der Waals surface area contributed by atoms with Crippen molar-refractivity contribution in [3.63, 3.8) is 0 Å². The Balaban J connectivity index is 1.47. The fourth-order valence-electron chi connectivity index (χ4n) is 2.76. The Bertz CT molecular complexity index is 614. The maximum absolute atomic E-state index is 12.1. The van der Waals surface area contributed by atoms with Gasteiger partial charge in [0.15, 0.2) is 6.40 Å². The van der Waals surface area contributed by atoms with Crippen LogP contribution in [0.4, 0.5) is 4.79 Å². The van der Waals surface area contributed by atoms with E-state index >= 15 is 0 Å². The van der Waals surface area contributed by atoms with Crippen LogP contribution in [-0.4, -0.2) is 30.5 Å². The molecule has 120 valence electrons. The van der Waals surface area contributed by atoms with Crippen LogP contribution in [0, 0.1) is 5.92 Å². The highest BCUT2D eigenvalue weighted by molar-refractivity contribution is 5.67. The molecule has 1 saturated heterocycles. The Hall–Kier alpha value is -2.56. The lowest BCUT2D eigenvalue weighted by molar-refractivity contribution is 0.0847. The van der Waals surface area contributed by atoms with Crippen LogP contribution in [0.25, 0.3) is 0 Å². The number of piperidine rings is 1. The Morgan fingerprint density at radius 1 is 1.26 bits per heavy atom. The summed E-state index contributed by atoms with van der Waals surface area (Å²) in [6.45, 7) is 1.70. The second-order valence-electron chi connectivity index (χ2n) is 5.59. The lowest BCUT2D eigenvalue weighted by Gasteiger charge is -2.31. The van der Waals surface area contributed by atoms with Gasteiger partial charge in [-0.05, 0) is 30.6 Å². The van der Waals surface area contributed by atoms with Gasteiger partial charge in [-0.1, -0.05) is 30.3 Å². The Morgan fingerprint density at radius 2 is 2.04 bits per heavy atom. The lowest BCUT2D eigenvalue weighted by atomic mass is 9.93. The van der Waals surface area contributed by atoms with Gasteiger partial charge < -0.3 is 14.4 Å². The van der Waals surface area contributed by atoms with Gasteiger partial charge in [0.1, 0.15) is 6.61 Å². The molecule has 0 aromatic heterocycles. The first kappa shape index (κ1) is 15.3. The van der Waals surface area contributed by atoms with Crippen molar-refractivity contribution in [3.05, 3.63) is 60.0 Å². The van der Waals surface area contributed by atoms with Crippen molar-refractivity contribution in [2.45, 2.75) is 19.4 Å². The van der Waals surface area contributed by atoms with Crippen LogP contribution in [-0.2, 0) is 16.1 Å². The molecule has 0 bridgehead atoms. The molecule has 23 heavy (non-hydrogen) atoms. The molecule has 0 unspecified atom stereocenters. The fraction of sp³-hybridized carbons (Fsp3) is 0.333. The molecule has 0 saturated carbocycles. The van der Waals surface area contributed by atoms with Gasteiger partial charge in [0.2, 0.25) is 0 Å². The predicted octanol–water partition coefficient (Wildman–Crippen LogP) is 3.49. The molecule has 2 heterocycles. The third-order valence-electron chi connectivity index (χ3n) is 4.06. The minimum absolute atomic E-state index is 0.242. The van der Waals surface area contributed by atoms with Crippen molar-refractivity contribution in [2.75, 3.05) is 13.1 Å². The molecule has 1 amide bonds. The number of hydrogen-bond donors (Lipinski definition) is 0. The van der Waals surface area contributed by atoms with Gasteiger partial charge in [0, 0.05) is 24.7 Å². The average Bonchev–Trinajstić information content (AvgIpc) is 2.90. The molecular formula is C18H20N2O3. The number of rotatable bonds is 3. The second kappa shape index (κ2) is 7.63. The zero-order valence-electron chi connectivity index (χ0n) is 12.9. The summed E-state index contributed by atoms with van der Waals surface area (Å²) in [5.74, 6) is 0.357. The number of likely N-dealkylation sites (tertiary alicyclic amines) is 1. The molecule has 2 aliphatic rings. The number of ether oxygens (including phenoxy) is 2. The van der Waals surface area contributed by atoms with Crippen LogP contribution in [0.2, 0.25) is 0 Å². The predicted molar refractivity (Wildman–Crippen MR) is 87.7 cm³/mol. The molecule has 5 nitrogen and oxygen atoms in total. The number of allylic oxidation sites excluding steroid dienone is 3. The summed E-state index contributed by atoms with van der Waals surface area (Å²) in [4.78, 5) is 18.2. The zero-order valence-corrected chi connectivity index (χ0v) is 12.9. The van der Waals surface area contributed by atoms with Crippen LogP contribution in [0.15, 0.2) is 59.4 Å². The van der Waals surface area contributed by atoms with Crippen molar-refractivity contribution in [1.29, 1.82) is 0 Å². The van der Waals surface area contributed by atoms with E-state index in [9.17, 15) is 4.79 Å². The first-order valence-electron chi connectivity index (χ1n) is 7.83. The Labute approximate surface area is 135 Å². The van der Waals surface area contributed by atoms with E-state index < -0.39 is 0 Å². The molecule has 0 radical (unpaired) electrons. The summed E-state index contributed by atoms with van der Waals surface area (Å²) in [6.07, 6.45) is 8.41. The van der Waals surface area contributed by atoms with Gasteiger partial charge in [-0.15, -0.1) is 0 Å². The van der Waals surface area contributed by atoms with E-state index in [0.717, 1.165) is 24.1 Å². The molecule has 1 fully saturated rings. The number of carbonyl (C=O) groups is 1. The highest BCUT2D eigenvalue weighted by atomic mass is 16.6. The highest BCUT2D eigenvalue weighted by Crippen LogP contribution is 2.26. The van der Waals surface area contributed by atoms with Gasteiger partial charge in [0.05, 0.1) is 6.26 Å². The monoisotopic (exact) mass is 312 g/mol. The zero-order chi connectivity index (χ0) is 15.9. The van der Waals surface area contributed by atoms with Gasteiger partial charge in [-0.2, -0.15) is 0 Å². The molecule has 0 atom stereocenters. The molecule has 2 aliphatic heterocycles. The molecule has 0 aliphatic carbocycles. The van der Waals surface area contributed by atoms with Crippen LogP contribution < -0.4 is 0 Å². The van der Waals surface area contributed by atoms with E-state index in [2.05, 4.69) is 4.99 Å². The minimum atomic E-state index is -0.242. The Morgan fingerprint density at radius 3 is 2.83 bits per heavy atom. The summed E-state index contributed by atoms with van der Waals surface area (Å²) in [5, 5.41) is 0. The van der Waals surface area contributed by atoms with Crippen LogP contribution in [0.3, 0.4) is 0 Å². The number of aliphatic imine (C=N–C) groups is 1. The first-order chi connectivity index (χ1) is 11.3. The minimum Gasteiger partial charge on any atom is -0.453 e. The van der Waals surface area contributed by atoms with Gasteiger partial charge >= 0.3 is 6.09 Å². The van der Waals surface area contributed by atoms with Crippen LogP contribution in [0.5, 0.6) is 0 Å². The van der Waals surface area contributed by atoms with E-state index in [1.165, 1.54) is 6.40 Å². The van der Waals surface area contributed by atoms with Crippen LogP contribution in [0.1, 0.15) is 18.4 Å². The van der Waals surface area contributed by atoms with Crippen molar-refractivity contribution in [3.8, 4) is 0 Å². The van der Waals surface area contributed by atoms with E-state index in [1.807, 2.05) is 42.5 Å². The summed E-state index contributed by atoms with van der Waals surface area (Å²) < 4.78 is 10.4. The SMILES string of the molecule is O=C(OCc1ccccc1)N1CCC(C2=CC=COC=N2)CC1. The molecule has 5 heteroatoms. The maximum Gasteiger partial charge on any atom is 0.410 e. The highest BCUT2D eigenvalue weighted by Gasteiger charge is 2.25. The quantitative estimate of drug-likeness (QED) is 0.858. The number of carbonyl (C=O) groups excluding carboxylic acids is 1. The fourth-order valence-corrected chi connectivity index (χ4v) is 2.76. The third kappa shape index (κ3) is 4.22. The Kier molecular flexibility index (Phi) is 5.09. The van der Waals surface area contributed by atoms with E-state index in [1.54, 1.807) is 11.2 Å². The number of amides is 1. The summed E-state index contributed by atoms with van der Waals surface area (Å²) >= 11 is 0. The van der Waals surface area contributed by atoms with Crippen molar-refractivity contribution < 1.29 is 14.3 Å². The molecule has 0 spiro atoms. The second-order valence-corrected chi connectivity index (χ2v) is 5.59. The van der Waals surface area contributed by atoms with Crippen molar-refractivity contribution >= 4 is 12.5 Å². The van der Waals surface area contributed by atoms with Gasteiger partial charge in [0.25, 0.3) is 0 Å². The first-order valence-corrected chi connectivity index (χ1v) is 7.83. The maximum atomic E-state index is 12.1. The van der Waals surface area contributed by atoms with E-state index in [-0.39, 0.29) is 6.09 Å². The van der Waals surface area contributed by atoms with Gasteiger partial charge in [-0.25, -0.2) is 9.79 Å². The lowest BCUT2D eigenvalue weighted by Crippen LogP contribution is -2.39. The number of nitrogens with zero attached hydrogens (tertiary/aromatic N) is 2. The van der Waals surface area contributed by atoms with Crippen molar-refractivity contribution in [1.82, 2.24) is 4.90 Å². The smallest absolute Gasteiger partial charge is 0.410 e. The largest absolute Gasteiger partial charge is 0.453 e. The standard InChI is InChI=1S/C18H20N2O3/c21-18(23-13-15-5-2-1-3-6-15)20-10-8-16(9-11-20)17-7-4-12-22-14-19-17/h1-7,12,14,16H,8-11,13H2. The molecule has 3 rings (SSSR count). The number of benzene rings is 1. The molecule has 0 N–H and O–H groups in total. The summed E-state index contributed by atoms with van der Waals surface area (Å²) in [5.41, 5.74) is 2.01. The van der Waals surface area contributed by atoms with Gasteiger partial charge in [-0.3, -0.25) is 0 Å². The average molecular weight is 312 g/mol. The molecule has 1 aromatic rings. The third-order valence-corrected chi connectivity index (χ3v) is 4.06. The van der Waals surface area contributed by atoms with E-state index in [4.69, 9.17) is 9.47 Å². The molecular weight excluding hydrogens is 292 g/mol.